The van der Waals surface area contributed by atoms with E-state index >= 15 is 0 Å². The number of aryl methyl sites for hydroxylation is 1. The Morgan fingerprint density at radius 2 is 1.86 bits per heavy atom. The minimum absolute atomic E-state index is 0.440. The number of rotatable bonds is 11. The van der Waals surface area contributed by atoms with Gasteiger partial charge in [0, 0.05) is 26.2 Å². The van der Waals surface area contributed by atoms with Gasteiger partial charge in [-0.3, -0.25) is 0 Å². The quantitative estimate of drug-likeness (QED) is 0.611. The van der Waals surface area contributed by atoms with Gasteiger partial charge in [0.05, 0.1) is 7.11 Å². The third-order valence-electron chi connectivity index (χ3n) is 3.02. The minimum Gasteiger partial charge on any atom is -0.479 e. The summed E-state index contributed by atoms with van der Waals surface area (Å²) in [6.45, 7) is 6.59. The second-order valence-electron chi connectivity index (χ2n) is 4.91. The summed E-state index contributed by atoms with van der Waals surface area (Å²) < 4.78 is 10.7. The normalized spacial score (nSPS) is 10.6. The Kier molecular flexibility index (Phi) is 8.50. The van der Waals surface area contributed by atoms with Crippen molar-refractivity contribution in [2.45, 2.75) is 46.0 Å². The molecule has 120 valence electrons. The molecule has 0 saturated carbocycles. The van der Waals surface area contributed by atoms with Gasteiger partial charge < -0.3 is 20.5 Å². The highest BCUT2D eigenvalue weighted by molar-refractivity contribution is 5.66. The number of nitrogens with two attached hydrogens (primary N) is 1. The van der Waals surface area contributed by atoms with Crippen LogP contribution in [0.5, 0.6) is 5.88 Å². The van der Waals surface area contributed by atoms with E-state index in [2.05, 4.69) is 29.1 Å². The zero-order valence-corrected chi connectivity index (χ0v) is 13.4. The molecule has 3 N–H and O–H groups in total. The van der Waals surface area contributed by atoms with Crippen LogP contribution in [0.1, 0.15) is 45.4 Å². The molecule has 0 amide bonds. The number of hydrogen-bond donors (Lipinski definition) is 2. The molecule has 0 spiro atoms. The van der Waals surface area contributed by atoms with Crippen LogP contribution in [-0.2, 0) is 11.2 Å². The molecule has 1 aromatic rings. The molecule has 0 unspecified atom stereocenters. The van der Waals surface area contributed by atoms with E-state index in [4.69, 9.17) is 15.2 Å². The maximum absolute atomic E-state index is 6.00. The summed E-state index contributed by atoms with van der Waals surface area (Å²) in [6.07, 6.45) is 4.99. The lowest BCUT2D eigenvalue weighted by Crippen LogP contribution is -2.12. The molecule has 6 heteroatoms. The highest BCUT2D eigenvalue weighted by Crippen LogP contribution is 2.25. The highest BCUT2D eigenvalue weighted by Gasteiger charge is 2.11. The Labute approximate surface area is 127 Å². The minimum atomic E-state index is 0.440. The first-order valence-corrected chi connectivity index (χ1v) is 7.74. The molecule has 21 heavy (non-hydrogen) atoms. The predicted octanol–water partition coefficient (Wildman–Crippen LogP) is 2.64. The fraction of sp³-hybridized carbons (Fsp3) is 0.733. The molecular formula is C15H28N4O2. The molecular weight excluding hydrogens is 268 g/mol. The number of anilines is 2. The Hall–Kier alpha value is -1.56. The van der Waals surface area contributed by atoms with Gasteiger partial charge in [-0.05, 0) is 19.3 Å². The molecule has 6 nitrogen and oxygen atoms in total. The topological polar surface area (TPSA) is 82.3 Å². The first-order valence-electron chi connectivity index (χ1n) is 7.74. The third-order valence-corrected chi connectivity index (χ3v) is 3.02. The lowest BCUT2D eigenvalue weighted by Gasteiger charge is -2.12. The van der Waals surface area contributed by atoms with E-state index in [0.717, 1.165) is 57.7 Å². The van der Waals surface area contributed by atoms with Gasteiger partial charge in [0.15, 0.2) is 5.82 Å². The smallest absolute Gasteiger partial charge is 0.242 e. The van der Waals surface area contributed by atoms with Crippen molar-refractivity contribution in [2.75, 3.05) is 37.9 Å². The van der Waals surface area contributed by atoms with Gasteiger partial charge in [-0.25, -0.2) is 4.98 Å². The Balaban J connectivity index is 2.47. The van der Waals surface area contributed by atoms with Crippen LogP contribution in [0, 0.1) is 0 Å². The summed E-state index contributed by atoms with van der Waals surface area (Å²) in [6, 6.07) is 0. The summed E-state index contributed by atoms with van der Waals surface area (Å²) in [5.74, 6) is 1.85. The van der Waals surface area contributed by atoms with Crippen molar-refractivity contribution in [2.24, 2.45) is 0 Å². The first kappa shape index (κ1) is 17.5. The number of hydrogen-bond acceptors (Lipinski definition) is 6. The summed E-state index contributed by atoms with van der Waals surface area (Å²) >= 11 is 0. The molecule has 1 rings (SSSR count). The lowest BCUT2D eigenvalue weighted by atomic mass is 10.3. The van der Waals surface area contributed by atoms with Gasteiger partial charge in [-0.1, -0.05) is 20.3 Å². The first-order chi connectivity index (χ1) is 10.2. The molecule has 0 atom stereocenters. The van der Waals surface area contributed by atoms with E-state index in [-0.39, 0.29) is 0 Å². The van der Waals surface area contributed by atoms with Crippen LogP contribution in [-0.4, -0.2) is 36.8 Å². The number of nitrogens with one attached hydrogen (secondary N) is 1. The van der Waals surface area contributed by atoms with E-state index in [1.165, 1.54) is 0 Å². The molecule has 0 saturated heterocycles. The Morgan fingerprint density at radius 1 is 1.10 bits per heavy atom. The molecule has 0 aliphatic heterocycles. The Bertz CT molecular complexity index is 413. The van der Waals surface area contributed by atoms with Gasteiger partial charge in [0.25, 0.3) is 0 Å². The monoisotopic (exact) mass is 296 g/mol. The van der Waals surface area contributed by atoms with Gasteiger partial charge in [0.2, 0.25) is 5.88 Å². The molecule has 0 radical (unpaired) electrons. The second kappa shape index (κ2) is 10.2. The van der Waals surface area contributed by atoms with Crippen molar-refractivity contribution in [1.29, 1.82) is 0 Å². The van der Waals surface area contributed by atoms with Gasteiger partial charge in [-0.15, -0.1) is 0 Å². The molecule has 0 aromatic carbocycles. The van der Waals surface area contributed by atoms with Crippen molar-refractivity contribution < 1.29 is 9.47 Å². The van der Waals surface area contributed by atoms with Gasteiger partial charge >= 0.3 is 0 Å². The van der Waals surface area contributed by atoms with E-state index < -0.39 is 0 Å². The SMILES string of the molecule is CCCCOCCCNc1nc(CCC)nc(OC)c1N. The van der Waals surface area contributed by atoms with Crippen LogP contribution in [0.15, 0.2) is 0 Å². The molecule has 0 aliphatic rings. The summed E-state index contributed by atoms with van der Waals surface area (Å²) in [5.41, 5.74) is 6.46. The van der Waals surface area contributed by atoms with Crippen LogP contribution in [0.3, 0.4) is 0 Å². The van der Waals surface area contributed by atoms with Crippen molar-refractivity contribution in [1.82, 2.24) is 9.97 Å². The van der Waals surface area contributed by atoms with E-state index in [1.54, 1.807) is 7.11 Å². The predicted molar refractivity (Wildman–Crippen MR) is 85.8 cm³/mol. The molecule has 0 fully saturated rings. The summed E-state index contributed by atoms with van der Waals surface area (Å²) in [5, 5.41) is 3.24. The highest BCUT2D eigenvalue weighted by atomic mass is 16.5. The number of nitrogens with zero attached hydrogens (tertiary/aromatic N) is 2. The average Bonchev–Trinajstić information content (AvgIpc) is 2.49. The van der Waals surface area contributed by atoms with E-state index in [0.29, 0.717) is 17.4 Å². The third kappa shape index (κ3) is 6.16. The average molecular weight is 296 g/mol. The number of ether oxygens (including phenoxy) is 2. The van der Waals surface area contributed by atoms with Gasteiger partial charge in [-0.2, -0.15) is 4.98 Å². The Morgan fingerprint density at radius 3 is 2.52 bits per heavy atom. The largest absolute Gasteiger partial charge is 0.479 e. The molecule has 0 bridgehead atoms. The summed E-state index contributed by atoms with van der Waals surface area (Å²) in [4.78, 5) is 8.75. The molecule has 1 aromatic heterocycles. The van der Waals surface area contributed by atoms with Crippen LogP contribution in [0.2, 0.25) is 0 Å². The van der Waals surface area contributed by atoms with E-state index in [1.807, 2.05) is 0 Å². The number of aromatic nitrogens is 2. The van der Waals surface area contributed by atoms with Crippen molar-refractivity contribution in [3.8, 4) is 5.88 Å². The van der Waals surface area contributed by atoms with Crippen LogP contribution >= 0.6 is 0 Å². The fourth-order valence-corrected chi connectivity index (χ4v) is 1.85. The fourth-order valence-electron chi connectivity index (χ4n) is 1.85. The van der Waals surface area contributed by atoms with Crippen molar-refractivity contribution in [3.05, 3.63) is 5.82 Å². The summed E-state index contributed by atoms with van der Waals surface area (Å²) in [7, 11) is 1.57. The zero-order chi connectivity index (χ0) is 15.5. The standard InChI is InChI=1S/C15H28N4O2/c1-4-6-10-21-11-7-9-17-14-13(16)15(20-3)19-12(18-14)8-5-2/h4-11,16H2,1-3H3,(H,17,18,19). The van der Waals surface area contributed by atoms with E-state index in [9.17, 15) is 0 Å². The number of unbranched alkanes of at least 4 members (excludes halogenated alkanes) is 1. The zero-order valence-electron chi connectivity index (χ0n) is 13.4. The maximum atomic E-state index is 6.00. The number of methoxy groups -OCH3 is 1. The van der Waals surface area contributed by atoms with Crippen LogP contribution in [0.25, 0.3) is 0 Å². The second-order valence-corrected chi connectivity index (χ2v) is 4.91. The van der Waals surface area contributed by atoms with Gasteiger partial charge in [0.1, 0.15) is 11.5 Å². The number of nitrogen functional groups attached to an aromatic ring is 1. The lowest BCUT2D eigenvalue weighted by molar-refractivity contribution is 0.131. The van der Waals surface area contributed by atoms with Crippen molar-refractivity contribution in [3.63, 3.8) is 0 Å². The van der Waals surface area contributed by atoms with Crippen LogP contribution in [0.4, 0.5) is 11.5 Å². The molecule has 0 aliphatic carbocycles. The molecule has 1 heterocycles. The maximum Gasteiger partial charge on any atom is 0.242 e. The van der Waals surface area contributed by atoms with Crippen molar-refractivity contribution >= 4 is 11.5 Å². The van der Waals surface area contributed by atoms with Crippen LogP contribution < -0.4 is 15.8 Å².